The number of carbonyl (C=O) groups is 2. The molecule has 0 spiro atoms. The molecule has 0 bridgehead atoms. The van der Waals surface area contributed by atoms with Crippen LogP contribution in [-0.4, -0.2) is 62.7 Å². The third-order valence-corrected chi connectivity index (χ3v) is 3.05. The topological polar surface area (TPSA) is 70.7 Å². The van der Waals surface area contributed by atoms with Crippen molar-refractivity contribution in [2.24, 2.45) is 0 Å². The van der Waals surface area contributed by atoms with Gasteiger partial charge in [0, 0.05) is 32.8 Å². The Morgan fingerprint density at radius 1 is 1.28 bits per heavy atom. The van der Waals surface area contributed by atoms with Crippen LogP contribution in [0.4, 0.5) is 0 Å². The number of rotatable bonds is 6. The maximum Gasteiger partial charge on any atom is 0.236 e. The summed E-state index contributed by atoms with van der Waals surface area (Å²) < 4.78 is 5.22. The largest absolute Gasteiger partial charge is 0.381 e. The summed E-state index contributed by atoms with van der Waals surface area (Å²) in [6.45, 7) is 4.38. The Morgan fingerprint density at radius 3 is 2.56 bits per heavy atom. The van der Waals surface area contributed by atoms with Crippen molar-refractivity contribution in [2.75, 3.05) is 39.9 Å². The van der Waals surface area contributed by atoms with Crippen LogP contribution in [0, 0.1) is 0 Å². The second kappa shape index (κ2) is 8.05. The molecule has 0 aromatic rings. The molecule has 104 valence electrons. The monoisotopic (exact) mass is 257 g/mol. The highest BCUT2D eigenvalue weighted by Crippen LogP contribution is 2.05. The Bertz CT molecular complexity index is 278. The molecule has 0 aliphatic carbocycles. The van der Waals surface area contributed by atoms with E-state index in [0.717, 1.165) is 12.8 Å². The van der Waals surface area contributed by atoms with Crippen molar-refractivity contribution in [3.8, 4) is 0 Å². The van der Waals surface area contributed by atoms with Crippen LogP contribution in [0.5, 0.6) is 0 Å². The van der Waals surface area contributed by atoms with Crippen molar-refractivity contribution in [1.82, 2.24) is 15.5 Å². The van der Waals surface area contributed by atoms with Gasteiger partial charge in [-0.3, -0.25) is 14.9 Å². The normalized spacial score (nSPS) is 16.3. The first-order valence-electron chi connectivity index (χ1n) is 6.45. The standard InChI is InChI=1S/C12H23N3O3/c1-3-15(2)12(17)9-13-8-11(16)14-10-4-6-18-7-5-10/h10,13H,3-9H2,1-2H3,(H,14,16). The first-order valence-corrected chi connectivity index (χ1v) is 6.45. The summed E-state index contributed by atoms with van der Waals surface area (Å²) in [7, 11) is 1.74. The summed E-state index contributed by atoms with van der Waals surface area (Å²) in [5.74, 6) is -0.0646. The molecule has 0 aromatic heterocycles. The molecule has 0 saturated carbocycles. The van der Waals surface area contributed by atoms with Crippen molar-refractivity contribution in [3.05, 3.63) is 0 Å². The van der Waals surface area contributed by atoms with E-state index in [1.807, 2.05) is 6.92 Å². The molecule has 6 heteroatoms. The van der Waals surface area contributed by atoms with E-state index in [1.165, 1.54) is 0 Å². The molecule has 1 aliphatic rings. The molecule has 2 amide bonds. The van der Waals surface area contributed by atoms with Gasteiger partial charge in [0.15, 0.2) is 0 Å². The summed E-state index contributed by atoms with van der Waals surface area (Å²) >= 11 is 0. The van der Waals surface area contributed by atoms with Gasteiger partial charge in [0.25, 0.3) is 0 Å². The fourth-order valence-corrected chi connectivity index (χ4v) is 1.71. The molecule has 1 rings (SSSR count). The molecule has 1 aliphatic heterocycles. The van der Waals surface area contributed by atoms with Gasteiger partial charge in [0.1, 0.15) is 0 Å². The molecule has 0 atom stereocenters. The van der Waals surface area contributed by atoms with Crippen molar-refractivity contribution in [1.29, 1.82) is 0 Å². The minimum atomic E-state index is -0.0612. The Morgan fingerprint density at radius 2 is 1.94 bits per heavy atom. The van der Waals surface area contributed by atoms with Gasteiger partial charge in [-0.2, -0.15) is 0 Å². The van der Waals surface area contributed by atoms with E-state index < -0.39 is 0 Å². The van der Waals surface area contributed by atoms with Crippen LogP contribution in [0.1, 0.15) is 19.8 Å². The fourth-order valence-electron chi connectivity index (χ4n) is 1.71. The number of carbonyl (C=O) groups excluding carboxylic acids is 2. The van der Waals surface area contributed by atoms with E-state index in [4.69, 9.17) is 4.74 Å². The van der Waals surface area contributed by atoms with Gasteiger partial charge in [-0.05, 0) is 19.8 Å². The molecule has 2 N–H and O–H groups in total. The van der Waals surface area contributed by atoms with Gasteiger partial charge in [-0.25, -0.2) is 0 Å². The first kappa shape index (κ1) is 14.9. The molecular formula is C12H23N3O3. The van der Waals surface area contributed by atoms with E-state index in [9.17, 15) is 9.59 Å². The quantitative estimate of drug-likeness (QED) is 0.663. The Kier molecular flexibility index (Phi) is 6.67. The van der Waals surface area contributed by atoms with Gasteiger partial charge in [-0.15, -0.1) is 0 Å². The predicted octanol–water partition coefficient (Wildman–Crippen LogP) is -0.650. The zero-order chi connectivity index (χ0) is 13.4. The van der Waals surface area contributed by atoms with Crippen molar-refractivity contribution in [2.45, 2.75) is 25.8 Å². The number of ether oxygens (including phenoxy) is 1. The van der Waals surface area contributed by atoms with Gasteiger partial charge >= 0.3 is 0 Å². The van der Waals surface area contributed by atoms with E-state index in [1.54, 1.807) is 11.9 Å². The smallest absolute Gasteiger partial charge is 0.236 e. The number of hydrogen-bond donors (Lipinski definition) is 2. The van der Waals surface area contributed by atoms with Crippen LogP contribution >= 0.6 is 0 Å². The molecule has 1 fully saturated rings. The Labute approximate surface area is 108 Å². The molecule has 1 saturated heterocycles. The van der Waals surface area contributed by atoms with E-state index in [-0.39, 0.29) is 30.9 Å². The number of nitrogens with zero attached hydrogens (tertiary/aromatic N) is 1. The summed E-state index contributed by atoms with van der Waals surface area (Å²) in [5, 5.41) is 5.78. The third kappa shape index (κ3) is 5.46. The Balaban J connectivity index is 2.11. The van der Waals surface area contributed by atoms with Crippen molar-refractivity contribution < 1.29 is 14.3 Å². The lowest BCUT2D eigenvalue weighted by Crippen LogP contribution is -2.45. The molecule has 1 heterocycles. The van der Waals surface area contributed by atoms with Crippen molar-refractivity contribution in [3.63, 3.8) is 0 Å². The zero-order valence-electron chi connectivity index (χ0n) is 11.2. The summed E-state index contributed by atoms with van der Waals surface area (Å²) in [6, 6.07) is 0.210. The lowest BCUT2D eigenvalue weighted by Gasteiger charge is -2.23. The fraction of sp³-hybridized carbons (Fsp3) is 0.833. The minimum absolute atomic E-state index is 0.00336. The van der Waals surface area contributed by atoms with E-state index in [0.29, 0.717) is 19.8 Å². The molecule has 18 heavy (non-hydrogen) atoms. The molecule has 6 nitrogen and oxygen atoms in total. The van der Waals surface area contributed by atoms with Gasteiger partial charge < -0.3 is 15.0 Å². The van der Waals surface area contributed by atoms with Crippen LogP contribution in [0.2, 0.25) is 0 Å². The van der Waals surface area contributed by atoms with Gasteiger partial charge in [0.2, 0.25) is 11.8 Å². The second-order valence-electron chi connectivity index (χ2n) is 4.47. The van der Waals surface area contributed by atoms with Crippen LogP contribution in [0.25, 0.3) is 0 Å². The molecule has 0 radical (unpaired) electrons. The second-order valence-corrected chi connectivity index (χ2v) is 4.47. The highest BCUT2D eigenvalue weighted by Gasteiger charge is 2.16. The number of hydrogen-bond acceptors (Lipinski definition) is 4. The first-order chi connectivity index (χ1) is 8.63. The molecule has 0 aromatic carbocycles. The summed E-state index contributed by atoms with van der Waals surface area (Å²) in [5.41, 5.74) is 0. The number of likely N-dealkylation sites (N-methyl/N-ethyl adjacent to an activating group) is 1. The molecular weight excluding hydrogens is 234 g/mol. The third-order valence-electron chi connectivity index (χ3n) is 3.05. The Hall–Kier alpha value is -1.14. The van der Waals surface area contributed by atoms with Crippen LogP contribution in [-0.2, 0) is 14.3 Å². The van der Waals surface area contributed by atoms with Crippen molar-refractivity contribution >= 4 is 11.8 Å². The average Bonchev–Trinajstić information content (AvgIpc) is 2.38. The zero-order valence-corrected chi connectivity index (χ0v) is 11.2. The van der Waals surface area contributed by atoms with E-state index >= 15 is 0 Å². The van der Waals surface area contributed by atoms with Crippen LogP contribution in [0.3, 0.4) is 0 Å². The SMILES string of the molecule is CCN(C)C(=O)CNCC(=O)NC1CCOCC1. The summed E-state index contributed by atoms with van der Waals surface area (Å²) in [4.78, 5) is 24.7. The van der Waals surface area contributed by atoms with Crippen LogP contribution < -0.4 is 10.6 Å². The highest BCUT2D eigenvalue weighted by atomic mass is 16.5. The lowest BCUT2D eigenvalue weighted by atomic mass is 10.1. The minimum Gasteiger partial charge on any atom is -0.381 e. The maximum absolute atomic E-state index is 11.6. The maximum atomic E-state index is 11.6. The number of nitrogens with one attached hydrogen (secondary N) is 2. The summed E-state index contributed by atoms with van der Waals surface area (Å²) in [6.07, 6.45) is 1.73. The average molecular weight is 257 g/mol. The molecule has 0 unspecified atom stereocenters. The predicted molar refractivity (Wildman–Crippen MR) is 68.2 cm³/mol. The van der Waals surface area contributed by atoms with Gasteiger partial charge in [-0.1, -0.05) is 0 Å². The van der Waals surface area contributed by atoms with E-state index in [2.05, 4.69) is 10.6 Å². The lowest BCUT2D eigenvalue weighted by molar-refractivity contribution is -0.128. The van der Waals surface area contributed by atoms with Crippen LogP contribution in [0.15, 0.2) is 0 Å². The number of amides is 2. The van der Waals surface area contributed by atoms with Gasteiger partial charge in [0.05, 0.1) is 13.1 Å². The highest BCUT2D eigenvalue weighted by molar-refractivity contribution is 5.81.